The largest absolute Gasteiger partial charge is 0.358 e. The summed E-state index contributed by atoms with van der Waals surface area (Å²) in [5.74, 6) is 0. The van der Waals surface area contributed by atoms with Gasteiger partial charge in [0, 0.05) is 28.1 Å². The SMILES string of the molecule is C=CCNC(=S)NN=Cc1ccc(Sc2ccc(Cl)cc2)c([N+](=O)[O-])c1. The van der Waals surface area contributed by atoms with Crippen LogP contribution in [-0.4, -0.2) is 22.8 Å². The number of halogens is 1. The lowest BCUT2D eigenvalue weighted by atomic mass is 10.2. The van der Waals surface area contributed by atoms with Crippen molar-refractivity contribution in [2.24, 2.45) is 5.10 Å². The highest BCUT2D eigenvalue weighted by atomic mass is 35.5. The molecule has 0 amide bonds. The first-order chi connectivity index (χ1) is 12.5. The zero-order chi connectivity index (χ0) is 18.9. The molecule has 2 rings (SSSR count). The van der Waals surface area contributed by atoms with E-state index in [0.717, 1.165) is 4.90 Å². The second kappa shape index (κ2) is 9.91. The molecule has 0 bridgehead atoms. The molecule has 134 valence electrons. The Morgan fingerprint density at radius 3 is 2.73 bits per heavy atom. The van der Waals surface area contributed by atoms with Gasteiger partial charge in [-0.05, 0) is 42.5 Å². The van der Waals surface area contributed by atoms with Gasteiger partial charge in [-0.15, -0.1) is 6.58 Å². The Balaban J connectivity index is 2.12. The van der Waals surface area contributed by atoms with Crippen molar-refractivity contribution >= 4 is 52.6 Å². The summed E-state index contributed by atoms with van der Waals surface area (Å²) in [5, 5.41) is 19.2. The third-order valence-corrected chi connectivity index (χ3v) is 4.57. The maximum Gasteiger partial charge on any atom is 0.283 e. The first kappa shape index (κ1) is 19.9. The van der Waals surface area contributed by atoms with E-state index in [-0.39, 0.29) is 5.69 Å². The number of hydrazone groups is 1. The summed E-state index contributed by atoms with van der Waals surface area (Å²) < 4.78 is 0. The van der Waals surface area contributed by atoms with Gasteiger partial charge in [0.05, 0.1) is 16.0 Å². The number of nitro benzene ring substituents is 1. The number of hydrogen-bond donors (Lipinski definition) is 2. The van der Waals surface area contributed by atoms with E-state index in [1.807, 2.05) is 12.1 Å². The normalized spacial score (nSPS) is 10.5. The minimum atomic E-state index is -0.417. The highest BCUT2D eigenvalue weighted by Gasteiger charge is 2.15. The molecule has 0 saturated carbocycles. The number of nitrogens with one attached hydrogen (secondary N) is 2. The summed E-state index contributed by atoms with van der Waals surface area (Å²) in [4.78, 5) is 12.4. The summed E-state index contributed by atoms with van der Waals surface area (Å²) in [6, 6.07) is 12.0. The highest BCUT2D eigenvalue weighted by molar-refractivity contribution is 7.99. The average Bonchev–Trinajstić information content (AvgIpc) is 2.62. The molecular formula is C17H15ClN4O2S2. The number of hydrogen-bond acceptors (Lipinski definition) is 5. The van der Waals surface area contributed by atoms with Gasteiger partial charge in [-0.2, -0.15) is 5.10 Å². The van der Waals surface area contributed by atoms with Crippen molar-refractivity contribution in [2.45, 2.75) is 9.79 Å². The van der Waals surface area contributed by atoms with Gasteiger partial charge >= 0.3 is 0 Å². The van der Waals surface area contributed by atoms with Gasteiger partial charge in [0.2, 0.25) is 0 Å². The standard InChI is InChI=1S/C17H15ClN4O2S2/c1-2-9-19-17(25)21-20-11-12-3-8-16(15(10-12)22(23)24)26-14-6-4-13(18)5-7-14/h2-8,10-11H,1,9H2,(H2,19,21,25). The van der Waals surface area contributed by atoms with Gasteiger partial charge in [-0.25, -0.2) is 0 Å². The molecule has 0 fully saturated rings. The quantitative estimate of drug-likeness (QED) is 0.233. The molecule has 26 heavy (non-hydrogen) atoms. The lowest BCUT2D eigenvalue weighted by Gasteiger charge is -2.05. The van der Waals surface area contributed by atoms with E-state index in [1.165, 1.54) is 24.0 Å². The Hall–Kier alpha value is -2.42. The molecule has 2 N–H and O–H groups in total. The fourth-order valence-corrected chi connectivity index (χ4v) is 3.01. The summed E-state index contributed by atoms with van der Waals surface area (Å²) in [6.45, 7) is 4.09. The van der Waals surface area contributed by atoms with Crippen LogP contribution in [0.15, 0.2) is 70.0 Å². The Bertz CT molecular complexity index is 841. The highest BCUT2D eigenvalue weighted by Crippen LogP contribution is 2.35. The second-order valence-electron chi connectivity index (χ2n) is 4.91. The van der Waals surface area contributed by atoms with Gasteiger partial charge in [0.25, 0.3) is 5.69 Å². The summed E-state index contributed by atoms with van der Waals surface area (Å²) >= 11 is 12.2. The van der Waals surface area contributed by atoms with Crippen molar-refractivity contribution < 1.29 is 4.92 Å². The molecule has 2 aromatic carbocycles. The van der Waals surface area contributed by atoms with Crippen molar-refractivity contribution in [1.82, 2.24) is 10.7 Å². The van der Waals surface area contributed by atoms with Gasteiger partial charge in [-0.3, -0.25) is 15.5 Å². The molecule has 0 aliphatic carbocycles. The number of benzene rings is 2. The molecule has 0 heterocycles. The fourth-order valence-electron chi connectivity index (χ4n) is 1.84. The molecule has 0 unspecified atom stereocenters. The van der Waals surface area contributed by atoms with Crippen LogP contribution in [0.25, 0.3) is 0 Å². The third kappa shape index (κ3) is 6.14. The molecule has 0 atom stereocenters. The Labute approximate surface area is 165 Å². The number of nitro groups is 1. The van der Waals surface area contributed by atoms with Crippen LogP contribution in [0, 0.1) is 10.1 Å². The van der Waals surface area contributed by atoms with E-state index in [9.17, 15) is 10.1 Å². The average molecular weight is 407 g/mol. The molecule has 2 aromatic rings. The van der Waals surface area contributed by atoms with Gasteiger partial charge in [-0.1, -0.05) is 35.5 Å². The van der Waals surface area contributed by atoms with Gasteiger partial charge in [0.1, 0.15) is 0 Å². The molecule has 0 radical (unpaired) electrons. The fraction of sp³-hybridized carbons (Fsp3) is 0.0588. The number of nitrogens with zero attached hydrogens (tertiary/aromatic N) is 2. The van der Waals surface area contributed by atoms with Crippen LogP contribution in [0.1, 0.15) is 5.56 Å². The van der Waals surface area contributed by atoms with Crippen LogP contribution >= 0.6 is 35.6 Å². The zero-order valence-corrected chi connectivity index (χ0v) is 15.9. The molecule has 9 heteroatoms. The van der Waals surface area contributed by atoms with Crippen molar-refractivity contribution in [3.05, 3.63) is 75.8 Å². The minimum absolute atomic E-state index is 0.00117. The van der Waals surface area contributed by atoms with Gasteiger partial charge < -0.3 is 5.32 Å². The van der Waals surface area contributed by atoms with E-state index in [1.54, 1.807) is 30.3 Å². The minimum Gasteiger partial charge on any atom is -0.358 e. The van der Waals surface area contributed by atoms with Crippen LogP contribution in [0.3, 0.4) is 0 Å². The smallest absolute Gasteiger partial charge is 0.283 e. The first-order valence-corrected chi connectivity index (χ1v) is 8.99. The molecule has 0 aliphatic rings. The maximum atomic E-state index is 11.4. The third-order valence-electron chi connectivity index (χ3n) is 3.01. The van der Waals surface area contributed by atoms with E-state index < -0.39 is 4.92 Å². The lowest BCUT2D eigenvalue weighted by Crippen LogP contribution is -2.31. The van der Waals surface area contributed by atoms with Crippen LogP contribution in [0.4, 0.5) is 5.69 Å². The molecule has 0 spiro atoms. The number of rotatable bonds is 7. The lowest BCUT2D eigenvalue weighted by molar-refractivity contribution is -0.387. The molecule has 6 nitrogen and oxygen atoms in total. The predicted octanol–water partition coefficient (Wildman–Crippen LogP) is 4.38. The van der Waals surface area contributed by atoms with E-state index in [0.29, 0.717) is 27.1 Å². The van der Waals surface area contributed by atoms with E-state index in [4.69, 9.17) is 23.8 Å². The molecule has 0 saturated heterocycles. The Morgan fingerprint density at radius 2 is 2.08 bits per heavy atom. The summed E-state index contributed by atoms with van der Waals surface area (Å²) in [6.07, 6.45) is 3.13. The molecular weight excluding hydrogens is 392 g/mol. The van der Waals surface area contributed by atoms with Crippen molar-refractivity contribution in [2.75, 3.05) is 6.54 Å². The van der Waals surface area contributed by atoms with Crippen molar-refractivity contribution in [3.8, 4) is 0 Å². The van der Waals surface area contributed by atoms with Crippen LogP contribution in [0.5, 0.6) is 0 Å². The Morgan fingerprint density at radius 1 is 1.35 bits per heavy atom. The van der Waals surface area contributed by atoms with Crippen LogP contribution in [0.2, 0.25) is 5.02 Å². The van der Waals surface area contributed by atoms with Gasteiger partial charge in [0.15, 0.2) is 5.11 Å². The van der Waals surface area contributed by atoms with Crippen molar-refractivity contribution in [1.29, 1.82) is 0 Å². The first-order valence-electron chi connectivity index (χ1n) is 7.39. The van der Waals surface area contributed by atoms with Crippen LogP contribution < -0.4 is 10.7 Å². The number of thiocarbonyl (C=S) groups is 1. The topological polar surface area (TPSA) is 79.6 Å². The van der Waals surface area contributed by atoms with Crippen LogP contribution in [-0.2, 0) is 0 Å². The summed E-state index contributed by atoms with van der Waals surface area (Å²) in [7, 11) is 0. The van der Waals surface area contributed by atoms with Crippen molar-refractivity contribution in [3.63, 3.8) is 0 Å². The predicted molar refractivity (Wildman–Crippen MR) is 110 cm³/mol. The monoisotopic (exact) mass is 406 g/mol. The maximum absolute atomic E-state index is 11.4. The van der Waals surface area contributed by atoms with E-state index in [2.05, 4.69) is 22.4 Å². The summed E-state index contributed by atoms with van der Waals surface area (Å²) in [5.41, 5.74) is 3.21. The Kier molecular flexibility index (Phi) is 7.58. The second-order valence-corrected chi connectivity index (χ2v) is 6.87. The molecule has 0 aliphatic heterocycles. The van der Waals surface area contributed by atoms with E-state index >= 15 is 0 Å². The zero-order valence-electron chi connectivity index (χ0n) is 13.5. The molecule has 0 aromatic heterocycles.